The largest absolute Gasteiger partial charge is 0.293 e. The minimum absolute atomic E-state index is 0.0903. The van der Waals surface area contributed by atoms with Gasteiger partial charge in [0.25, 0.3) is 0 Å². The van der Waals surface area contributed by atoms with Crippen LogP contribution in [-0.4, -0.2) is 15.6 Å². The van der Waals surface area contributed by atoms with Crippen molar-refractivity contribution in [3.05, 3.63) is 39.3 Å². The summed E-state index contributed by atoms with van der Waals surface area (Å²) in [7, 11) is 0. The zero-order valence-electron chi connectivity index (χ0n) is 8.81. The van der Waals surface area contributed by atoms with Crippen molar-refractivity contribution in [2.75, 3.05) is 0 Å². The number of ketones is 1. The molecule has 0 saturated carbocycles. The SMILES string of the molecule is CCn1cc(CC(=O)c2ccc(Cl)s2)cn1. The number of nitrogens with zero attached hydrogens (tertiary/aromatic N) is 2. The summed E-state index contributed by atoms with van der Waals surface area (Å²) in [6, 6.07) is 3.51. The molecule has 0 spiro atoms. The number of Topliss-reactive ketones (excluding diaryl/α,β-unsaturated/α-hetero) is 1. The van der Waals surface area contributed by atoms with Gasteiger partial charge >= 0.3 is 0 Å². The van der Waals surface area contributed by atoms with Crippen molar-refractivity contribution >= 4 is 28.7 Å². The maximum Gasteiger partial charge on any atom is 0.177 e. The Morgan fingerprint density at radius 2 is 2.38 bits per heavy atom. The molecule has 2 rings (SSSR count). The summed E-state index contributed by atoms with van der Waals surface area (Å²) in [6.07, 6.45) is 4.01. The van der Waals surface area contributed by atoms with Gasteiger partial charge in [-0.05, 0) is 24.6 Å². The number of rotatable bonds is 4. The standard InChI is InChI=1S/C11H11ClN2OS/c1-2-14-7-8(6-13-14)5-9(15)10-3-4-11(12)16-10/h3-4,6-7H,2,5H2,1H3. The van der Waals surface area contributed by atoms with Gasteiger partial charge in [-0.2, -0.15) is 5.10 Å². The van der Waals surface area contributed by atoms with E-state index in [1.54, 1.807) is 18.3 Å². The summed E-state index contributed by atoms with van der Waals surface area (Å²) < 4.78 is 2.46. The second kappa shape index (κ2) is 4.80. The minimum Gasteiger partial charge on any atom is -0.293 e. The van der Waals surface area contributed by atoms with E-state index in [2.05, 4.69) is 5.10 Å². The van der Waals surface area contributed by atoms with Crippen molar-refractivity contribution in [3.8, 4) is 0 Å². The van der Waals surface area contributed by atoms with Gasteiger partial charge in [0, 0.05) is 19.2 Å². The Morgan fingerprint density at radius 3 is 2.94 bits per heavy atom. The van der Waals surface area contributed by atoms with Gasteiger partial charge < -0.3 is 0 Å². The monoisotopic (exact) mass is 254 g/mol. The zero-order valence-corrected chi connectivity index (χ0v) is 10.4. The van der Waals surface area contributed by atoms with Crippen molar-refractivity contribution < 1.29 is 4.79 Å². The first-order valence-corrected chi connectivity index (χ1v) is 6.18. The Labute approximate surface area is 103 Å². The van der Waals surface area contributed by atoms with E-state index in [0.717, 1.165) is 12.1 Å². The van der Waals surface area contributed by atoms with Crippen LogP contribution in [0.3, 0.4) is 0 Å². The molecular weight excluding hydrogens is 244 g/mol. The summed E-state index contributed by atoms with van der Waals surface area (Å²) in [6.45, 7) is 2.83. The van der Waals surface area contributed by atoms with Gasteiger partial charge in [0.2, 0.25) is 0 Å². The number of aromatic nitrogens is 2. The number of hydrogen-bond acceptors (Lipinski definition) is 3. The van der Waals surface area contributed by atoms with Crippen LogP contribution in [0, 0.1) is 0 Å². The third-order valence-corrected chi connectivity index (χ3v) is 3.50. The van der Waals surface area contributed by atoms with Crippen LogP contribution in [0.25, 0.3) is 0 Å². The fourth-order valence-corrected chi connectivity index (χ4v) is 2.39. The molecule has 0 atom stereocenters. The van der Waals surface area contributed by atoms with Gasteiger partial charge in [-0.3, -0.25) is 9.48 Å². The molecule has 0 aliphatic carbocycles. The van der Waals surface area contributed by atoms with Crippen LogP contribution in [0.1, 0.15) is 22.2 Å². The fraction of sp³-hybridized carbons (Fsp3) is 0.273. The van der Waals surface area contributed by atoms with Gasteiger partial charge in [-0.1, -0.05) is 11.6 Å². The normalized spacial score (nSPS) is 10.6. The average molecular weight is 255 g/mol. The molecule has 0 aliphatic rings. The summed E-state index contributed by atoms with van der Waals surface area (Å²) in [5, 5.41) is 4.13. The Balaban J connectivity index is 2.07. The lowest BCUT2D eigenvalue weighted by molar-refractivity contribution is 0.0997. The molecule has 0 N–H and O–H groups in total. The number of hydrogen-bond donors (Lipinski definition) is 0. The van der Waals surface area contributed by atoms with Crippen molar-refractivity contribution in [1.82, 2.24) is 9.78 Å². The van der Waals surface area contributed by atoms with Crippen LogP contribution in [-0.2, 0) is 13.0 Å². The summed E-state index contributed by atoms with van der Waals surface area (Å²) >= 11 is 7.10. The highest BCUT2D eigenvalue weighted by atomic mass is 35.5. The van der Waals surface area contributed by atoms with Gasteiger partial charge in [0.1, 0.15) is 0 Å². The number of thiophene rings is 1. The predicted octanol–water partition coefficient (Wildman–Crippen LogP) is 3.04. The average Bonchev–Trinajstić information content (AvgIpc) is 2.87. The second-order valence-corrected chi connectivity index (χ2v) is 5.12. The smallest absolute Gasteiger partial charge is 0.177 e. The van der Waals surface area contributed by atoms with E-state index in [-0.39, 0.29) is 5.78 Å². The predicted molar refractivity (Wildman–Crippen MR) is 65.3 cm³/mol. The van der Waals surface area contributed by atoms with Gasteiger partial charge in [0.15, 0.2) is 5.78 Å². The van der Waals surface area contributed by atoms with E-state index in [1.165, 1.54) is 11.3 Å². The molecule has 3 nitrogen and oxygen atoms in total. The molecule has 2 heterocycles. The van der Waals surface area contributed by atoms with Crippen molar-refractivity contribution in [1.29, 1.82) is 0 Å². The topological polar surface area (TPSA) is 34.9 Å². The molecule has 84 valence electrons. The van der Waals surface area contributed by atoms with E-state index in [1.807, 2.05) is 17.8 Å². The molecule has 0 saturated heterocycles. The third kappa shape index (κ3) is 2.51. The van der Waals surface area contributed by atoms with E-state index in [0.29, 0.717) is 15.6 Å². The van der Waals surface area contributed by atoms with Crippen molar-refractivity contribution in [2.45, 2.75) is 19.9 Å². The molecule has 2 aromatic heterocycles. The Kier molecular flexibility index (Phi) is 3.41. The number of carbonyl (C=O) groups is 1. The second-order valence-electron chi connectivity index (χ2n) is 3.41. The fourth-order valence-electron chi connectivity index (χ4n) is 1.41. The summed E-state index contributed by atoms with van der Waals surface area (Å²) in [5.41, 5.74) is 0.941. The molecule has 0 radical (unpaired) electrons. The van der Waals surface area contributed by atoms with E-state index in [4.69, 9.17) is 11.6 Å². The van der Waals surface area contributed by atoms with E-state index in [9.17, 15) is 4.79 Å². The summed E-state index contributed by atoms with van der Waals surface area (Å²) in [5.74, 6) is 0.0903. The molecule has 5 heteroatoms. The van der Waals surface area contributed by atoms with Gasteiger partial charge in [-0.25, -0.2) is 0 Å². The maximum absolute atomic E-state index is 11.8. The Morgan fingerprint density at radius 1 is 1.56 bits per heavy atom. The van der Waals surface area contributed by atoms with Crippen LogP contribution in [0.4, 0.5) is 0 Å². The lowest BCUT2D eigenvalue weighted by Gasteiger charge is -1.94. The molecule has 0 amide bonds. The maximum atomic E-state index is 11.8. The quantitative estimate of drug-likeness (QED) is 0.786. The zero-order chi connectivity index (χ0) is 11.5. The minimum atomic E-state index is 0.0903. The molecule has 0 aromatic carbocycles. The summed E-state index contributed by atoms with van der Waals surface area (Å²) in [4.78, 5) is 12.5. The molecule has 0 unspecified atom stereocenters. The van der Waals surface area contributed by atoms with Gasteiger partial charge in [-0.15, -0.1) is 11.3 Å². The highest BCUT2D eigenvalue weighted by Crippen LogP contribution is 2.22. The molecule has 2 aromatic rings. The molecule has 0 fully saturated rings. The number of aryl methyl sites for hydroxylation is 1. The molecule has 0 bridgehead atoms. The number of halogens is 1. The first kappa shape index (κ1) is 11.4. The lowest BCUT2D eigenvalue weighted by Crippen LogP contribution is -2.00. The van der Waals surface area contributed by atoms with Crippen LogP contribution in [0.15, 0.2) is 24.5 Å². The Hall–Kier alpha value is -1.13. The van der Waals surface area contributed by atoms with Crippen LogP contribution >= 0.6 is 22.9 Å². The van der Waals surface area contributed by atoms with Crippen LogP contribution in [0.5, 0.6) is 0 Å². The highest BCUT2D eigenvalue weighted by Gasteiger charge is 2.10. The van der Waals surface area contributed by atoms with Crippen LogP contribution in [0.2, 0.25) is 4.34 Å². The van der Waals surface area contributed by atoms with Gasteiger partial charge in [0.05, 0.1) is 15.4 Å². The van der Waals surface area contributed by atoms with Crippen molar-refractivity contribution in [3.63, 3.8) is 0 Å². The van der Waals surface area contributed by atoms with E-state index >= 15 is 0 Å². The van der Waals surface area contributed by atoms with Crippen LogP contribution < -0.4 is 0 Å². The number of carbonyl (C=O) groups excluding carboxylic acids is 1. The molecule has 0 aliphatic heterocycles. The lowest BCUT2D eigenvalue weighted by atomic mass is 10.1. The van der Waals surface area contributed by atoms with Crippen molar-refractivity contribution in [2.24, 2.45) is 0 Å². The first-order chi connectivity index (χ1) is 7.69. The first-order valence-electron chi connectivity index (χ1n) is 4.99. The Bertz CT molecular complexity index is 504. The van der Waals surface area contributed by atoms with E-state index < -0.39 is 0 Å². The molecule has 16 heavy (non-hydrogen) atoms. The highest BCUT2D eigenvalue weighted by molar-refractivity contribution is 7.18. The molecular formula is C11H11ClN2OS. The third-order valence-electron chi connectivity index (χ3n) is 2.22.